The zero-order valence-corrected chi connectivity index (χ0v) is 11.3. The van der Waals surface area contributed by atoms with E-state index in [4.69, 9.17) is 5.73 Å². The van der Waals surface area contributed by atoms with Crippen LogP contribution < -0.4 is 5.73 Å². The van der Waals surface area contributed by atoms with Crippen LogP contribution in [0.4, 0.5) is 13.2 Å². The molecule has 0 aliphatic heterocycles. The van der Waals surface area contributed by atoms with E-state index in [-0.39, 0.29) is 13.0 Å². The maximum absolute atomic E-state index is 12.0. The maximum Gasteiger partial charge on any atom is 0.411 e. The predicted molar refractivity (Wildman–Crippen MR) is 72.0 cm³/mol. The van der Waals surface area contributed by atoms with E-state index in [1.54, 1.807) is 16.9 Å². The van der Waals surface area contributed by atoms with Crippen LogP contribution in [0.25, 0.3) is 5.69 Å². The monoisotopic (exact) mass is 299 g/mol. The highest BCUT2D eigenvalue weighted by Gasteiger charge is 2.27. The van der Waals surface area contributed by atoms with Gasteiger partial charge in [0.25, 0.3) is 0 Å². The van der Waals surface area contributed by atoms with Crippen molar-refractivity contribution < 1.29 is 17.9 Å². The second kappa shape index (κ2) is 6.73. The normalized spacial score (nSPS) is 13.3. The first-order valence-corrected chi connectivity index (χ1v) is 6.47. The molecule has 1 aromatic carbocycles. The van der Waals surface area contributed by atoms with Crippen molar-refractivity contribution in [2.24, 2.45) is 5.73 Å². The van der Waals surface area contributed by atoms with Gasteiger partial charge in [0.2, 0.25) is 0 Å². The first-order valence-electron chi connectivity index (χ1n) is 6.47. The summed E-state index contributed by atoms with van der Waals surface area (Å²) in [5, 5.41) is 4.19. The van der Waals surface area contributed by atoms with Crippen LogP contribution in [-0.2, 0) is 4.74 Å². The van der Waals surface area contributed by atoms with E-state index in [1.165, 1.54) is 0 Å². The minimum atomic E-state index is -4.31. The molecule has 0 fully saturated rings. The van der Waals surface area contributed by atoms with Gasteiger partial charge in [-0.25, -0.2) is 4.68 Å². The van der Waals surface area contributed by atoms with Gasteiger partial charge in [-0.05, 0) is 24.6 Å². The number of benzene rings is 1. The van der Waals surface area contributed by atoms with Crippen LogP contribution in [0.2, 0.25) is 0 Å². The van der Waals surface area contributed by atoms with E-state index in [2.05, 4.69) is 9.84 Å². The van der Waals surface area contributed by atoms with Crippen molar-refractivity contribution in [3.63, 3.8) is 0 Å². The fraction of sp³-hybridized carbons (Fsp3) is 0.357. The zero-order valence-electron chi connectivity index (χ0n) is 11.3. The molecule has 2 aromatic rings. The van der Waals surface area contributed by atoms with Crippen molar-refractivity contribution in [3.8, 4) is 5.69 Å². The molecule has 0 saturated heterocycles. The number of alkyl halides is 3. The summed E-state index contributed by atoms with van der Waals surface area (Å²) < 4.78 is 42.2. The first-order chi connectivity index (χ1) is 9.97. The average molecular weight is 299 g/mol. The molecule has 0 amide bonds. The van der Waals surface area contributed by atoms with Crippen molar-refractivity contribution in [2.75, 3.05) is 13.2 Å². The minimum absolute atomic E-state index is 0.0549. The van der Waals surface area contributed by atoms with E-state index in [9.17, 15) is 13.2 Å². The summed E-state index contributed by atoms with van der Waals surface area (Å²) in [5.41, 5.74) is 7.59. The van der Waals surface area contributed by atoms with Crippen LogP contribution in [0.15, 0.2) is 42.6 Å². The fourth-order valence-corrected chi connectivity index (χ4v) is 1.93. The van der Waals surface area contributed by atoms with Gasteiger partial charge in [-0.15, -0.1) is 0 Å². The van der Waals surface area contributed by atoms with Crippen molar-refractivity contribution >= 4 is 0 Å². The highest BCUT2D eigenvalue weighted by Crippen LogP contribution is 2.19. The molecular formula is C14H16F3N3O. The molecule has 0 bridgehead atoms. The number of para-hydroxylation sites is 1. The number of rotatable bonds is 6. The second-order valence-electron chi connectivity index (χ2n) is 4.57. The molecule has 2 rings (SSSR count). The Morgan fingerprint density at radius 1 is 1.19 bits per heavy atom. The molecule has 1 atom stereocenters. The molecule has 0 aliphatic rings. The topological polar surface area (TPSA) is 53.1 Å². The summed E-state index contributed by atoms with van der Waals surface area (Å²) in [6.45, 7) is -1.31. The molecular weight excluding hydrogens is 283 g/mol. The van der Waals surface area contributed by atoms with Gasteiger partial charge < -0.3 is 10.5 Å². The summed E-state index contributed by atoms with van der Waals surface area (Å²) in [7, 11) is 0. The summed E-state index contributed by atoms with van der Waals surface area (Å²) in [4.78, 5) is 0. The van der Waals surface area contributed by atoms with Crippen LogP contribution in [0, 0.1) is 0 Å². The first kappa shape index (κ1) is 15.5. The van der Waals surface area contributed by atoms with Crippen molar-refractivity contribution in [3.05, 3.63) is 48.3 Å². The van der Waals surface area contributed by atoms with Crippen molar-refractivity contribution in [1.29, 1.82) is 0 Å². The second-order valence-corrected chi connectivity index (χ2v) is 4.57. The van der Waals surface area contributed by atoms with E-state index in [0.717, 1.165) is 11.4 Å². The van der Waals surface area contributed by atoms with Gasteiger partial charge in [0.15, 0.2) is 0 Å². The number of hydrogen-bond acceptors (Lipinski definition) is 3. The number of nitrogens with two attached hydrogens (primary N) is 1. The Bertz CT molecular complexity index is 554. The fourth-order valence-electron chi connectivity index (χ4n) is 1.93. The van der Waals surface area contributed by atoms with E-state index < -0.39 is 18.8 Å². The molecule has 114 valence electrons. The number of nitrogens with zero attached hydrogens (tertiary/aromatic N) is 2. The van der Waals surface area contributed by atoms with Gasteiger partial charge in [0.05, 0.1) is 11.4 Å². The highest BCUT2D eigenvalue weighted by molar-refractivity contribution is 5.33. The number of ether oxygens (including phenoxy) is 1. The molecule has 0 saturated carbocycles. The van der Waals surface area contributed by atoms with Gasteiger partial charge in [-0.2, -0.15) is 18.3 Å². The smallest absolute Gasteiger partial charge is 0.372 e. The molecule has 2 N–H and O–H groups in total. The summed E-state index contributed by atoms with van der Waals surface area (Å²) in [5.74, 6) is 0. The number of halogens is 3. The van der Waals surface area contributed by atoms with E-state index in [0.29, 0.717) is 0 Å². The summed E-state index contributed by atoms with van der Waals surface area (Å²) >= 11 is 0. The Labute approximate surface area is 120 Å². The Morgan fingerprint density at radius 2 is 1.90 bits per heavy atom. The van der Waals surface area contributed by atoms with Crippen molar-refractivity contribution in [1.82, 2.24) is 9.78 Å². The zero-order chi connectivity index (χ0) is 15.3. The molecule has 1 aromatic heterocycles. The minimum Gasteiger partial charge on any atom is -0.372 e. The highest BCUT2D eigenvalue weighted by atomic mass is 19.4. The quantitative estimate of drug-likeness (QED) is 0.835. The van der Waals surface area contributed by atoms with Crippen LogP contribution in [0.3, 0.4) is 0 Å². The van der Waals surface area contributed by atoms with Gasteiger partial charge in [0.1, 0.15) is 6.61 Å². The van der Waals surface area contributed by atoms with Crippen molar-refractivity contribution in [2.45, 2.75) is 18.6 Å². The number of hydrogen-bond donors (Lipinski definition) is 1. The molecule has 1 unspecified atom stereocenters. The molecule has 21 heavy (non-hydrogen) atoms. The van der Waals surface area contributed by atoms with E-state index in [1.807, 2.05) is 30.3 Å². The third-order valence-electron chi connectivity index (χ3n) is 2.89. The van der Waals surface area contributed by atoms with Crippen LogP contribution in [0.5, 0.6) is 0 Å². The Hall–Kier alpha value is -1.86. The lowest BCUT2D eigenvalue weighted by Gasteiger charge is -2.15. The Morgan fingerprint density at radius 3 is 2.57 bits per heavy atom. The lowest BCUT2D eigenvalue weighted by Crippen LogP contribution is -2.21. The summed E-state index contributed by atoms with van der Waals surface area (Å²) in [6, 6.07) is 10.7. The molecule has 4 nitrogen and oxygen atoms in total. The number of aromatic nitrogens is 2. The van der Waals surface area contributed by atoms with Crippen LogP contribution in [0.1, 0.15) is 18.2 Å². The third kappa shape index (κ3) is 4.57. The van der Waals surface area contributed by atoms with Gasteiger partial charge in [-0.1, -0.05) is 18.2 Å². The average Bonchev–Trinajstić information content (AvgIpc) is 2.93. The third-order valence-corrected chi connectivity index (χ3v) is 2.89. The Kier molecular flexibility index (Phi) is 4.98. The lowest BCUT2D eigenvalue weighted by molar-refractivity contribution is -0.174. The molecule has 1 heterocycles. The Balaban J connectivity index is 1.95. The van der Waals surface area contributed by atoms with Crippen LogP contribution in [-0.4, -0.2) is 29.2 Å². The molecule has 7 heteroatoms. The SMILES string of the molecule is NC(CCOCC(F)(F)F)c1ccnn1-c1ccccc1. The van der Waals surface area contributed by atoms with Gasteiger partial charge >= 0.3 is 6.18 Å². The van der Waals surface area contributed by atoms with Gasteiger partial charge in [0, 0.05) is 18.8 Å². The van der Waals surface area contributed by atoms with Crippen LogP contribution >= 0.6 is 0 Å². The summed E-state index contributed by atoms with van der Waals surface area (Å²) in [6.07, 6.45) is -2.41. The molecule has 0 radical (unpaired) electrons. The van der Waals surface area contributed by atoms with Gasteiger partial charge in [-0.3, -0.25) is 0 Å². The largest absolute Gasteiger partial charge is 0.411 e. The molecule has 0 aliphatic carbocycles. The maximum atomic E-state index is 12.0. The lowest BCUT2D eigenvalue weighted by atomic mass is 10.1. The molecule has 0 spiro atoms. The van der Waals surface area contributed by atoms with E-state index >= 15 is 0 Å². The standard InChI is InChI=1S/C14H16F3N3O/c15-14(16,17)10-21-9-7-12(18)13-6-8-19-20(13)11-4-2-1-3-5-11/h1-6,8,12H,7,9-10,18H2. The predicted octanol–water partition coefficient (Wildman–Crippen LogP) is 2.84.